The van der Waals surface area contributed by atoms with Gasteiger partial charge in [0.05, 0.1) is 13.2 Å². The molecule has 186 valence electrons. The van der Waals surface area contributed by atoms with Gasteiger partial charge in [-0.2, -0.15) is 0 Å². The summed E-state index contributed by atoms with van der Waals surface area (Å²) in [7, 11) is 0. The van der Waals surface area contributed by atoms with Gasteiger partial charge in [0, 0.05) is 11.5 Å². The SMILES string of the molecule is CCCCCc1ccc(C2OCC(c3ccc(C4CCC(CCC)CC4)cc3)CO2)c(F)c1F. The Morgan fingerprint density at radius 1 is 0.735 bits per heavy atom. The van der Waals surface area contributed by atoms with E-state index in [1.807, 2.05) is 0 Å². The van der Waals surface area contributed by atoms with E-state index in [0.29, 0.717) is 31.1 Å². The molecule has 34 heavy (non-hydrogen) atoms. The smallest absolute Gasteiger partial charge is 0.186 e. The van der Waals surface area contributed by atoms with Crippen molar-refractivity contribution in [3.05, 3.63) is 70.3 Å². The minimum Gasteiger partial charge on any atom is -0.348 e. The normalized spacial score (nSPS) is 25.4. The van der Waals surface area contributed by atoms with Crippen molar-refractivity contribution in [1.82, 2.24) is 0 Å². The number of benzene rings is 2. The Balaban J connectivity index is 1.31. The van der Waals surface area contributed by atoms with Gasteiger partial charge < -0.3 is 9.47 Å². The molecule has 2 aromatic rings. The summed E-state index contributed by atoms with van der Waals surface area (Å²) in [6, 6.07) is 12.2. The van der Waals surface area contributed by atoms with E-state index in [4.69, 9.17) is 9.47 Å². The third kappa shape index (κ3) is 6.07. The van der Waals surface area contributed by atoms with Crippen LogP contribution in [0.4, 0.5) is 8.78 Å². The highest BCUT2D eigenvalue weighted by molar-refractivity contribution is 5.30. The molecule has 4 heteroatoms. The van der Waals surface area contributed by atoms with Gasteiger partial charge in [-0.1, -0.05) is 75.9 Å². The summed E-state index contributed by atoms with van der Waals surface area (Å²) in [4.78, 5) is 0. The predicted molar refractivity (Wildman–Crippen MR) is 133 cm³/mol. The molecule has 4 rings (SSSR count). The summed E-state index contributed by atoms with van der Waals surface area (Å²) in [5.74, 6) is 0.0957. The van der Waals surface area contributed by atoms with Gasteiger partial charge in [0.2, 0.25) is 0 Å². The molecule has 0 spiro atoms. The summed E-state index contributed by atoms with van der Waals surface area (Å²) >= 11 is 0. The van der Waals surface area contributed by atoms with E-state index in [2.05, 4.69) is 38.1 Å². The zero-order valence-corrected chi connectivity index (χ0v) is 20.8. The lowest BCUT2D eigenvalue weighted by Crippen LogP contribution is -2.26. The van der Waals surface area contributed by atoms with Gasteiger partial charge in [0.15, 0.2) is 17.9 Å². The summed E-state index contributed by atoms with van der Waals surface area (Å²) in [5, 5.41) is 0. The van der Waals surface area contributed by atoms with E-state index >= 15 is 0 Å². The van der Waals surface area contributed by atoms with Crippen LogP contribution in [0.3, 0.4) is 0 Å². The number of ether oxygens (including phenoxy) is 2. The molecule has 0 radical (unpaired) electrons. The Morgan fingerprint density at radius 3 is 2.00 bits per heavy atom. The Kier molecular flexibility index (Phi) is 9.13. The monoisotopic (exact) mass is 470 g/mol. The Labute approximate surface area is 204 Å². The van der Waals surface area contributed by atoms with E-state index in [1.165, 1.54) is 49.7 Å². The third-order valence-corrected chi connectivity index (χ3v) is 7.82. The summed E-state index contributed by atoms with van der Waals surface area (Å²) in [6.45, 7) is 5.25. The van der Waals surface area contributed by atoms with Crippen LogP contribution in [0, 0.1) is 17.6 Å². The average Bonchev–Trinajstić information content (AvgIpc) is 2.88. The van der Waals surface area contributed by atoms with Gasteiger partial charge in [-0.25, -0.2) is 8.78 Å². The summed E-state index contributed by atoms with van der Waals surface area (Å²) in [6.07, 6.45) is 10.6. The zero-order valence-electron chi connectivity index (χ0n) is 20.8. The molecule has 2 aliphatic rings. The standard InChI is InChI=1S/C30H40F2O2/c1-3-5-6-8-25-17-18-27(29(32)28(25)31)30-33-19-26(20-34-30)24-15-13-23(14-16-24)22-11-9-21(7-4-2)10-12-22/h13-18,21-22,26,30H,3-12,19-20H2,1-2H3. The van der Waals surface area contributed by atoms with Crippen molar-refractivity contribution in [2.45, 2.75) is 96.2 Å². The molecule has 2 fully saturated rings. The van der Waals surface area contributed by atoms with Crippen LogP contribution in [0.5, 0.6) is 0 Å². The first kappa shape index (κ1) is 25.3. The van der Waals surface area contributed by atoms with E-state index < -0.39 is 17.9 Å². The minimum absolute atomic E-state index is 0.104. The number of aryl methyl sites for hydroxylation is 1. The highest BCUT2D eigenvalue weighted by Gasteiger charge is 2.29. The van der Waals surface area contributed by atoms with E-state index in [0.717, 1.165) is 25.2 Å². The number of hydrogen-bond acceptors (Lipinski definition) is 2. The summed E-state index contributed by atoms with van der Waals surface area (Å²) in [5.41, 5.74) is 3.21. The van der Waals surface area contributed by atoms with Crippen molar-refractivity contribution in [2.75, 3.05) is 13.2 Å². The van der Waals surface area contributed by atoms with Crippen molar-refractivity contribution >= 4 is 0 Å². The maximum atomic E-state index is 14.7. The van der Waals surface area contributed by atoms with Crippen molar-refractivity contribution < 1.29 is 18.3 Å². The highest BCUT2D eigenvalue weighted by atomic mass is 19.2. The molecule has 2 aromatic carbocycles. The van der Waals surface area contributed by atoms with Crippen molar-refractivity contribution in [3.63, 3.8) is 0 Å². The van der Waals surface area contributed by atoms with E-state index in [9.17, 15) is 8.78 Å². The first-order valence-corrected chi connectivity index (χ1v) is 13.4. The average molecular weight is 471 g/mol. The van der Waals surface area contributed by atoms with E-state index in [1.54, 1.807) is 12.1 Å². The van der Waals surface area contributed by atoms with Crippen molar-refractivity contribution in [1.29, 1.82) is 0 Å². The third-order valence-electron chi connectivity index (χ3n) is 7.82. The van der Waals surface area contributed by atoms with Crippen molar-refractivity contribution in [3.8, 4) is 0 Å². The molecule has 1 aliphatic heterocycles. The first-order valence-electron chi connectivity index (χ1n) is 13.4. The second-order valence-corrected chi connectivity index (χ2v) is 10.3. The molecule has 2 nitrogen and oxygen atoms in total. The lowest BCUT2D eigenvalue weighted by molar-refractivity contribution is -0.193. The second kappa shape index (κ2) is 12.3. The lowest BCUT2D eigenvalue weighted by atomic mass is 9.77. The Morgan fingerprint density at radius 2 is 1.38 bits per heavy atom. The molecule has 1 heterocycles. The highest BCUT2D eigenvalue weighted by Crippen LogP contribution is 2.38. The predicted octanol–water partition coefficient (Wildman–Crippen LogP) is 8.60. The molecule has 1 saturated carbocycles. The van der Waals surface area contributed by atoms with Crippen LogP contribution in [0.1, 0.15) is 112 Å². The largest absolute Gasteiger partial charge is 0.348 e. The lowest BCUT2D eigenvalue weighted by Gasteiger charge is -2.31. The molecule has 0 atom stereocenters. The summed E-state index contributed by atoms with van der Waals surface area (Å²) < 4.78 is 41.0. The molecule has 1 saturated heterocycles. The van der Waals surface area contributed by atoms with Crippen LogP contribution < -0.4 is 0 Å². The molecule has 0 unspecified atom stereocenters. The molecule has 0 amide bonds. The molecule has 0 N–H and O–H groups in total. The van der Waals surface area contributed by atoms with E-state index in [-0.39, 0.29) is 11.5 Å². The second-order valence-electron chi connectivity index (χ2n) is 10.3. The Hall–Kier alpha value is -1.78. The quantitative estimate of drug-likeness (QED) is 0.342. The fourth-order valence-electron chi connectivity index (χ4n) is 5.65. The van der Waals surface area contributed by atoms with Gasteiger partial charge >= 0.3 is 0 Å². The number of halogens is 2. The van der Waals surface area contributed by atoms with Crippen LogP contribution in [-0.4, -0.2) is 13.2 Å². The van der Waals surface area contributed by atoms with Gasteiger partial charge in [-0.15, -0.1) is 0 Å². The topological polar surface area (TPSA) is 18.5 Å². The zero-order chi connectivity index (χ0) is 23.9. The fraction of sp³-hybridized carbons (Fsp3) is 0.600. The van der Waals surface area contributed by atoms with Crippen LogP contribution in [0.15, 0.2) is 36.4 Å². The van der Waals surface area contributed by atoms with Gasteiger partial charge in [0.25, 0.3) is 0 Å². The molecular formula is C30H40F2O2. The number of hydrogen-bond donors (Lipinski definition) is 0. The van der Waals surface area contributed by atoms with Crippen LogP contribution in [0.2, 0.25) is 0 Å². The maximum absolute atomic E-state index is 14.7. The molecule has 1 aliphatic carbocycles. The number of unbranched alkanes of at least 4 members (excludes halogenated alkanes) is 2. The minimum atomic E-state index is -0.854. The molecule has 0 bridgehead atoms. The van der Waals surface area contributed by atoms with Crippen LogP contribution in [-0.2, 0) is 15.9 Å². The maximum Gasteiger partial charge on any atom is 0.186 e. The molecular weight excluding hydrogens is 430 g/mol. The van der Waals surface area contributed by atoms with Gasteiger partial charge in [-0.3, -0.25) is 0 Å². The van der Waals surface area contributed by atoms with Crippen LogP contribution >= 0.6 is 0 Å². The van der Waals surface area contributed by atoms with Gasteiger partial charge in [0.1, 0.15) is 0 Å². The fourth-order valence-corrected chi connectivity index (χ4v) is 5.65. The van der Waals surface area contributed by atoms with Crippen LogP contribution in [0.25, 0.3) is 0 Å². The molecule has 0 aromatic heterocycles. The number of rotatable bonds is 9. The van der Waals surface area contributed by atoms with Gasteiger partial charge in [-0.05, 0) is 67.1 Å². The van der Waals surface area contributed by atoms with Crippen molar-refractivity contribution in [2.24, 2.45) is 5.92 Å². The first-order chi connectivity index (χ1) is 16.6. The Bertz CT molecular complexity index is 895.